The molecule has 0 spiro atoms. The highest BCUT2D eigenvalue weighted by Gasteiger charge is 2.38. The van der Waals surface area contributed by atoms with Gasteiger partial charge in [0.2, 0.25) is 5.78 Å². The fourth-order valence-electron chi connectivity index (χ4n) is 13.6. The second-order valence-corrected chi connectivity index (χ2v) is 55.8. The molecule has 23 nitrogen and oxygen atoms in total. The van der Waals surface area contributed by atoms with Crippen molar-refractivity contribution >= 4 is 52.0 Å². The van der Waals surface area contributed by atoms with Crippen molar-refractivity contribution in [3.05, 3.63) is 127 Å². The fourth-order valence-corrected chi connectivity index (χ4v) is 13.6. The predicted molar refractivity (Wildman–Crippen MR) is 561 cm³/mol. The van der Waals surface area contributed by atoms with Crippen molar-refractivity contribution < 1.29 is 47.3 Å². The number of imidazole rings is 2. The van der Waals surface area contributed by atoms with Crippen LogP contribution in [0, 0.1) is 128 Å². The van der Waals surface area contributed by atoms with E-state index in [1.165, 1.54) is 5.57 Å². The molecule has 0 amide bonds. The SMILES string of the molecule is CC1=C(C(=O)C(C)(C)C)N=NC1CC(C)(C)C.CC1=NCC(C(=O)C(C)(C)C)=C1CC(C)(C)C.Cc1c(C(=O)C(C)(C)C)cnn1CC(C)(C)C.Cc1c(C(=O)C(C)(C)C)ncn1CC(C)(C)C.Cc1c(C(=O)C(C)(C)C)noc1CC(C)(C)C.Cc1cc(C(=O)C(C)(C)C)nn1CC(C)(C)C.Cc1nc(C(=O)C(C)(C)C)cn1CC(C)(C)C.Cc1nc(C(=O)C(C)(C)C)oc1CC(C)(C)C. The standard InChI is InChI=1S/C15H25NO.5C14H24N2O.2C14H23NO2/c1-10-11(8-14(2,3)4)12(9-16-10)13(17)15(5,6)7;1-10-11(12(17)14(5,6)7)15-9-16(10)8-13(2,3)4;1-10-15-11(12(17)14(5,6)7)8-16(10)9-13(2,3)4;1-10-11(12(17)14(5,6)7)8-15-16(10)9-13(2,3)4;1-10-8-11(12(17)14(5,6)7)15-16(10)9-13(2,3)4;1-9-10(8-13(2,3)4)15-16-11(9)12(17)14(5,6)7;1-9-10(8-13(2,3)4)17-12(15-9)11(16)14(5,6)7;1-9-10(8-13(2,3)4)17-15-11(9)12(16)14(5,6)7/h8-9H2,1-7H3;9H,8H2,1-7H3;3*8H,9H2,1-7H3;10H,8H2,1-7H3;2*8H2,1-7H3. The Balaban J connectivity index is 0.000000777. The Labute approximate surface area is 824 Å². The van der Waals surface area contributed by atoms with E-state index in [0.29, 0.717) is 35.0 Å². The summed E-state index contributed by atoms with van der Waals surface area (Å²) in [5, 5.41) is 21.1. The van der Waals surface area contributed by atoms with Gasteiger partial charge in [0.1, 0.15) is 40.1 Å². The Morgan fingerprint density at radius 2 is 0.801 bits per heavy atom. The van der Waals surface area contributed by atoms with Crippen LogP contribution in [0.5, 0.6) is 0 Å². The maximum Gasteiger partial charge on any atom is 0.264 e. The molecule has 0 aromatic carbocycles. The number of azo groups is 1. The highest BCUT2D eigenvalue weighted by Crippen LogP contribution is 2.39. The van der Waals surface area contributed by atoms with Crippen LogP contribution >= 0.6 is 0 Å². The minimum atomic E-state index is -0.448. The van der Waals surface area contributed by atoms with Crippen LogP contribution in [0.4, 0.5) is 0 Å². The third-order valence-corrected chi connectivity index (χ3v) is 21.2. The molecular formula is C113H191N13O10. The number of carbonyl (C=O) groups is 8. The Hall–Kier alpha value is -8.63. The number of aliphatic imine (C=N–C) groups is 1. The Kier molecular flexibility index (Phi) is 42.6. The molecular weight excluding hydrogens is 1700 g/mol. The van der Waals surface area contributed by atoms with E-state index in [1.807, 2.05) is 243 Å². The van der Waals surface area contributed by atoms with Gasteiger partial charge in [-0.05, 0) is 129 Å². The second kappa shape index (κ2) is 46.2. The molecule has 0 bridgehead atoms. The number of oxazole rings is 1. The number of Topliss-reactive ketones (excluding diaryl/α,β-unsaturated/α-hetero) is 8. The zero-order chi connectivity index (χ0) is 107. The largest absolute Gasteiger partial charge is 0.439 e. The molecule has 0 radical (unpaired) electrons. The van der Waals surface area contributed by atoms with Crippen molar-refractivity contribution in [2.45, 2.75) is 446 Å². The first kappa shape index (κ1) is 125. The van der Waals surface area contributed by atoms with Crippen LogP contribution in [0.2, 0.25) is 0 Å². The van der Waals surface area contributed by atoms with Crippen LogP contribution in [0.3, 0.4) is 0 Å². The van der Waals surface area contributed by atoms with Gasteiger partial charge in [0, 0.05) is 122 Å². The lowest BCUT2D eigenvalue weighted by atomic mass is 9.80. The summed E-state index contributed by atoms with van der Waals surface area (Å²) in [6.45, 7) is 118. The lowest BCUT2D eigenvalue weighted by molar-refractivity contribution is -0.123. The first-order valence-electron chi connectivity index (χ1n) is 48.9. The molecule has 768 valence electrons. The maximum absolute atomic E-state index is 12.4. The molecule has 2 aliphatic heterocycles. The smallest absolute Gasteiger partial charge is 0.264 e. The summed E-state index contributed by atoms with van der Waals surface area (Å²) in [6.07, 6.45) is 8.82. The Morgan fingerprint density at radius 3 is 1.21 bits per heavy atom. The summed E-state index contributed by atoms with van der Waals surface area (Å²) in [6, 6.07) is 1.97. The average Bonchev–Trinajstić information content (AvgIpc) is 1.68. The molecule has 0 aliphatic carbocycles. The van der Waals surface area contributed by atoms with E-state index in [4.69, 9.17) is 8.94 Å². The van der Waals surface area contributed by atoms with Gasteiger partial charge in [-0.2, -0.15) is 20.4 Å². The number of nitrogens with zero attached hydrogens (tertiary/aromatic N) is 13. The zero-order valence-corrected chi connectivity index (χ0v) is 96.6. The molecule has 8 rings (SSSR count). The zero-order valence-electron chi connectivity index (χ0n) is 96.6. The number of ketones is 8. The normalized spacial score (nSPS) is 14.5. The highest BCUT2D eigenvalue weighted by atomic mass is 16.5. The molecule has 0 saturated heterocycles. The molecule has 1 unspecified atom stereocenters. The van der Waals surface area contributed by atoms with Gasteiger partial charge in [0.15, 0.2) is 46.2 Å². The van der Waals surface area contributed by atoms with E-state index in [0.717, 1.165) is 120 Å². The molecule has 23 heteroatoms. The Bertz CT molecular complexity index is 4770. The highest BCUT2D eigenvalue weighted by molar-refractivity contribution is 6.12. The minimum Gasteiger partial charge on any atom is -0.439 e. The van der Waals surface area contributed by atoms with Crippen LogP contribution < -0.4 is 0 Å². The van der Waals surface area contributed by atoms with E-state index < -0.39 is 10.8 Å². The first-order valence-corrected chi connectivity index (χ1v) is 48.9. The first-order chi connectivity index (χ1) is 60.1. The molecule has 6 aromatic rings. The summed E-state index contributed by atoms with van der Waals surface area (Å²) in [7, 11) is 0. The van der Waals surface area contributed by atoms with E-state index >= 15 is 0 Å². The average molecular weight is 1890 g/mol. The van der Waals surface area contributed by atoms with Gasteiger partial charge in [-0.15, -0.1) is 0 Å². The van der Waals surface area contributed by atoms with Gasteiger partial charge in [0.05, 0.1) is 36.4 Å². The van der Waals surface area contributed by atoms with Crippen molar-refractivity contribution in [3.8, 4) is 0 Å². The van der Waals surface area contributed by atoms with Crippen LogP contribution in [0.25, 0.3) is 0 Å². The summed E-state index contributed by atoms with van der Waals surface area (Å²) in [5.74, 6) is 3.63. The topological polar surface area (TPSA) is 297 Å². The number of aryl methyl sites for hydroxylation is 3. The molecule has 8 heterocycles. The van der Waals surface area contributed by atoms with Crippen molar-refractivity contribution in [2.75, 3.05) is 6.54 Å². The monoisotopic (exact) mass is 1890 g/mol. The van der Waals surface area contributed by atoms with E-state index in [1.54, 1.807) is 12.5 Å². The Morgan fingerprint density at radius 1 is 0.397 bits per heavy atom. The number of hydrogen-bond donors (Lipinski definition) is 0. The van der Waals surface area contributed by atoms with Gasteiger partial charge in [0.25, 0.3) is 5.89 Å². The lowest BCUT2D eigenvalue weighted by Crippen LogP contribution is -2.24. The van der Waals surface area contributed by atoms with Crippen LogP contribution in [0.1, 0.15) is 468 Å². The third kappa shape index (κ3) is 43.0. The maximum atomic E-state index is 12.4. The van der Waals surface area contributed by atoms with Crippen LogP contribution in [-0.4, -0.2) is 113 Å². The minimum absolute atomic E-state index is 0.0407. The fraction of sp³-hybridized carbons (Fsp3) is 0.726. The number of allylic oxidation sites excluding steroid dienone is 2. The van der Waals surface area contributed by atoms with Gasteiger partial charge in [-0.1, -0.05) is 337 Å². The van der Waals surface area contributed by atoms with Crippen molar-refractivity contribution in [3.63, 3.8) is 0 Å². The molecule has 6 aromatic heterocycles. The van der Waals surface area contributed by atoms with Gasteiger partial charge in [-0.3, -0.25) is 52.7 Å². The third-order valence-electron chi connectivity index (χ3n) is 21.2. The summed E-state index contributed by atoms with van der Waals surface area (Å²) >= 11 is 0. The van der Waals surface area contributed by atoms with Crippen molar-refractivity contribution in [1.29, 1.82) is 0 Å². The molecule has 2 aliphatic rings. The number of hydrogen-bond acceptors (Lipinski definition) is 19. The molecule has 0 saturated carbocycles. The molecule has 136 heavy (non-hydrogen) atoms. The van der Waals surface area contributed by atoms with E-state index in [-0.39, 0.29) is 134 Å². The van der Waals surface area contributed by atoms with Gasteiger partial charge < -0.3 is 18.1 Å². The van der Waals surface area contributed by atoms with Gasteiger partial charge in [-0.25, -0.2) is 15.0 Å². The summed E-state index contributed by atoms with van der Waals surface area (Å²) in [4.78, 5) is 115. The molecule has 0 fully saturated rings. The lowest BCUT2D eigenvalue weighted by Gasteiger charge is -2.23. The summed E-state index contributed by atoms with van der Waals surface area (Å²) in [5.41, 5.74) is 10.8. The van der Waals surface area contributed by atoms with Crippen LogP contribution in [-0.2, 0) is 48.6 Å². The quantitative estimate of drug-likeness (QED) is 0.0813. The number of aromatic nitrogens is 10. The predicted octanol–water partition coefficient (Wildman–Crippen LogP) is 29.4. The summed E-state index contributed by atoms with van der Waals surface area (Å²) < 4.78 is 18.9. The van der Waals surface area contributed by atoms with E-state index in [9.17, 15) is 38.4 Å². The van der Waals surface area contributed by atoms with Gasteiger partial charge >= 0.3 is 0 Å². The van der Waals surface area contributed by atoms with Crippen molar-refractivity contribution in [2.24, 2.45) is 102 Å². The molecule has 1 atom stereocenters. The number of carbonyl (C=O) groups excluding carboxylic acids is 8. The van der Waals surface area contributed by atoms with Crippen molar-refractivity contribution in [1.82, 2.24) is 48.8 Å². The second-order valence-electron chi connectivity index (χ2n) is 55.8. The number of rotatable bonds is 16. The van der Waals surface area contributed by atoms with E-state index in [2.05, 4.69) is 221 Å². The van der Waals surface area contributed by atoms with Crippen LogP contribution in [0.15, 0.2) is 71.4 Å². The molecule has 0 N–H and O–H groups in total.